The van der Waals surface area contributed by atoms with Crippen molar-refractivity contribution in [1.82, 2.24) is 10.2 Å². The number of nitrogens with two attached hydrogens (primary N) is 1. The number of rotatable bonds is 6. The normalized spacial score (nSPS) is 15.9. The second-order valence-corrected chi connectivity index (χ2v) is 8.65. The molecule has 1 fully saturated rings. The summed E-state index contributed by atoms with van der Waals surface area (Å²) in [4.78, 5) is 14.6. The Bertz CT molecular complexity index is 928. The second-order valence-electron chi connectivity index (χ2n) is 6.68. The standard InChI is InChI=1S/C19H23ClN4O3S/c20-17-6-2-1-5-16(17)18(24-11-3-4-12-24)13-22-19(25)23-14-7-9-15(10-8-14)28(21,26)27/h1-2,5-10,18H,3-4,11-13H2,(H2,21,26,27)(H2,22,23,25). The maximum atomic E-state index is 12.3. The molecule has 0 radical (unpaired) electrons. The van der Waals surface area contributed by atoms with Gasteiger partial charge in [0.05, 0.1) is 10.9 Å². The summed E-state index contributed by atoms with van der Waals surface area (Å²) in [6.45, 7) is 2.34. The highest BCUT2D eigenvalue weighted by molar-refractivity contribution is 7.89. The molecule has 3 rings (SSSR count). The number of benzene rings is 2. The summed E-state index contributed by atoms with van der Waals surface area (Å²) >= 11 is 6.38. The molecule has 150 valence electrons. The summed E-state index contributed by atoms with van der Waals surface area (Å²) in [6, 6.07) is 13.0. The monoisotopic (exact) mass is 422 g/mol. The Balaban J connectivity index is 1.64. The van der Waals surface area contributed by atoms with Crippen molar-refractivity contribution in [3.63, 3.8) is 0 Å². The molecule has 0 bridgehead atoms. The Kier molecular flexibility index (Phi) is 6.56. The molecule has 0 aliphatic carbocycles. The van der Waals surface area contributed by atoms with Crippen LogP contribution in [0.4, 0.5) is 10.5 Å². The van der Waals surface area contributed by atoms with Gasteiger partial charge in [0.1, 0.15) is 0 Å². The van der Waals surface area contributed by atoms with Crippen LogP contribution in [-0.4, -0.2) is 39.0 Å². The number of nitrogens with one attached hydrogen (secondary N) is 2. The molecule has 0 saturated carbocycles. The van der Waals surface area contributed by atoms with Gasteiger partial charge in [-0.15, -0.1) is 0 Å². The third kappa shape index (κ3) is 5.23. The van der Waals surface area contributed by atoms with Gasteiger partial charge in [0.15, 0.2) is 0 Å². The first-order chi connectivity index (χ1) is 13.3. The van der Waals surface area contributed by atoms with E-state index in [1.807, 2.05) is 24.3 Å². The quantitative estimate of drug-likeness (QED) is 0.665. The van der Waals surface area contributed by atoms with Crippen LogP contribution in [0.3, 0.4) is 0 Å². The molecule has 9 heteroatoms. The number of amides is 2. The van der Waals surface area contributed by atoms with Gasteiger partial charge in [-0.05, 0) is 61.8 Å². The number of hydrogen-bond acceptors (Lipinski definition) is 4. The lowest BCUT2D eigenvalue weighted by atomic mass is 10.1. The van der Waals surface area contributed by atoms with Crippen molar-refractivity contribution in [3.05, 3.63) is 59.1 Å². The van der Waals surface area contributed by atoms with E-state index in [1.54, 1.807) is 0 Å². The van der Waals surface area contributed by atoms with Crippen LogP contribution in [0.25, 0.3) is 0 Å². The van der Waals surface area contributed by atoms with Crippen LogP contribution in [0.2, 0.25) is 5.02 Å². The van der Waals surface area contributed by atoms with Crippen LogP contribution in [-0.2, 0) is 10.0 Å². The summed E-state index contributed by atoms with van der Waals surface area (Å²) in [5, 5.41) is 11.3. The first kappa shape index (κ1) is 20.6. The number of nitrogens with zero attached hydrogens (tertiary/aromatic N) is 1. The van der Waals surface area contributed by atoms with E-state index in [9.17, 15) is 13.2 Å². The highest BCUT2D eigenvalue weighted by Gasteiger charge is 2.25. The molecule has 2 amide bonds. The van der Waals surface area contributed by atoms with Gasteiger partial charge in [0.25, 0.3) is 0 Å². The number of hydrogen-bond donors (Lipinski definition) is 3. The second kappa shape index (κ2) is 8.91. The molecule has 1 saturated heterocycles. The molecule has 1 aliphatic heterocycles. The molecule has 7 nitrogen and oxygen atoms in total. The summed E-state index contributed by atoms with van der Waals surface area (Å²) in [5.41, 5.74) is 1.46. The van der Waals surface area contributed by atoms with Gasteiger partial charge < -0.3 is 10.6 Å². The average molecular weight is 423 g/mol. The Morgan fingerprint density at radius 1 is 1.11 bits per heavy atom. The summed E-state index contributed by atoms with van der Waals surface area (Å²) < 4.78 is 22.6. The fourth-order valence-electron chi connectivity index (χ4n) is 3.33. The molecular formula is C19H23ClN4O3S. The zero-order chi connectivity index (χ0) is 20.1. The lowest BCUT2D eigenvalue weighted by Crippen LogP contribution is -2.38. The number of carbonyl (C=O) groups excluding carboxylic acids is 1. The molecule has 2 aromatic carbocycles. The fraction of sp³-hybridized carbons (Fsp3) is 0.316. The minimum Gasteiger partial charge on any atom is -0.336 e. The topological polar surface area (TPSA) is 105 Å². The van der Waals surface area contributed by atoms with Crippen molar-refractivity contribution in [2.24, 2.45) is 5.14 Å². The van der Waals surface area contributed by atoms with Gasteiger partial charge in [0.2, 0.25) is 10.0 Å². The van der Waals surface area contributed by atoms with E-state index in [1.165, 1.54) is 24.3 Å². The Morgan fingerprint density at radius 3 is 2.36 bits per heavy atom. The van der Waals surface area contributed by atoms with Crippen molar-refractivity contribution in [3.8, 4) is 0 Å². The van der Waals surface area contributed by atoms with E-state index in [0.29, 0.717) is 17.3 Å². The van der Waals surface area contributed by atoms with Crippen molar-refractivity contribution in [2.45, 2.75) is 23.8 Å². The van der Waals surface area contributed by atoms with E-state index in [2.05, 4.69) is 15.5 Å². The van der Waals surface area contributed by atoms with Gasteiger partial charge in [-0.3, -0.25) is 4.90 Å². The molecule has 28 heavy (non-hydrogen) atoms. The largest absolute Gasteiger partial charge is 0.336 e. The summed E-state index contributed by atoms with van der Waals surface area (Å²) in [6.07, 6.45) is 2.26. The minimum atomic E-state index is -3.76. The summed E-state index contributed by atoms with van der Waals surface area (Å²) in [7, 11) is -3.76. The Morgan fingerprint density at radius 2 is 1.75 bits per heavy atom. The predicted octanol–water partition coefficient (Wildman–Crippen LogP) is 2.95. The van der Waals surface area contributed by atoms with Gasteiger partial charge >= 0.3 is 6.03 Å². The third-order valence-corrected chi connectivity index (χ3v) is 6.02. The zero-order valence-electron chi connectivity index (χ0n) is 15.3. The molecule has 1 heterocycles. The van der Waals surface area contributed by atoms with Crippen molar-refractivity contribution in [2.75, 3.05) is 25.0 Å². The number of sulfonamides is 1. The molecule has 1 aliphatic rings. The molecular weight excluding hydrogens is 400 g/mol. The zero-order valence-corrected chi connectivity index (χ0v) is 16.8. The van der Waals surface area contributed by atoms with E-state index >= 15 is 0 Å². The van der Waals surface area contributed by atoms with Crippen molar-refractivity contribution >= 4 is 33.3 Å². The lowest BCUT2D eigenvalue weighted by Gasteiger charge is -2.29. The average Bonchev–Trinajstić information content (AvgIpc) is 3.17. The molecule has 2 aromatic rings. The van der Waals surface area contributed by atoms with Crippen LogP contribution in [0.5, 0.6) is 0 Å². The van der Waals surface area contributed by atoms with Gasteiger partial charge in [-0.25, -0.2) is 18.4 Å². The van der Waals surface area contributed by atoms with Crippen LogP contribution < -0.4 is 15.8 Å². The first-order valence-corrected chi connectivity index (χ1v) is 10.9. The number of carbonyl (C=O) groups is 1. The van der Waals surface area contributed by atoms with E-state index in [0.717, 1.165) is 31.5 Å². The SMILES string of the molecule is NS(=O)(=O)c1ccc(NC(=O)NCC(c2ccccc2Cl)N2CCCC2)cc1. The van der Waals surface area contributed by atoms with E-state index in [4.69, 9.17) is 16.7 Å². The van der Waals surface area contributed by atoms with Crippen LogP contribution in [0.15, 0.2) is 53.4 Å². The van der Waals surface area contributed by atoms with Crippen LogP contribution in [0, 0.1) is 0 Å². The van der Waals surface area contributed by atoms with Crippen molar-refractivity contribution in [1.29, 1.82) is 0 Å². The van der Waals surface area contributed by atoms with Crippen LogP contribution in [0.1, 0.15) is 24.4 Å². The van der Waals surface area contributed by atoms with Crippen LogP contribution >= 0.6 is 11.6 Å². The number of likely N-dealkylation sites (tertiary alicyclic amines) is 1. The van der Waals surface area contributed by atoms with E-state index < -0.39 is 10.0 Å². The van der Waals surface area contributed by atoms with Gasteiger partial charge in [-0.1, -0.05) is 29.8 Å². The number of urea groups is 1. The smallest absolute Gasteiger partial charge is 0.319 e. The number of primary sulfonamides is 1. The van der Waals surface area contributed by atoms with Gasteiger partial charge in [-0.2, -0.15) is 0 Å². The molecule has 1 atom stereocenters. The number of halogens is 1. The maximum absolute atomic E-state index is 12.3. The predicted molar refractivity (Wildman–Crippen MR) is 110 cm³/mol. The highest BCUT2D eigenvalue weighted by atomic mass is 35.5. The van der Waals surface area contributed by atoms with E-state index in [-0.39, 0.29) is 17.0 Å². The molecule has 4 N–H and O–H groups in total. The van der Waals surface area contributed by atoms with Gasteiger partial charge in [0, 0.05) is 17.3 Å². The lowest BCUT2D eigenvalue weighted by molar-refractivity contribution is 0.227. The first-order valence-electron chi connectivity index (χ1n) is 9.01. The Labute approximate surface area is 169 Å². The Hall–Kier alpha value is -2.13. The minimum absolute atomic E-state index is 0.00768. The third-order valence-electron chi connectivity index (χ3n) is 4.74. The van der Waals surface area contributed by atoms with Crippen molar-refractivity contribution < 1.29 is 13.2 Å². The molecule has 0 aromatic heterocycles. The molecule has 0 spiro atoms. The summed E-state index contributed by atoms with van der Waals surface area (Å²) in [5.74, 6) is 0. The highest BCUT2D eigenvalue weighted by Crippen LogP contribution is 2.29. The maximum Gasteiger partial charge on any atom is 0.319 e. The molecule has 1 unspecified atom stereocenters. The fourth-order valence-corrected chi connectivity index (χ4v) is 4.10. The number of anilines is 1.